The second kappa shape index (κ2) is 9.43. The highest BCUT2D eigenvalue weighted by Crippen LogP contribution is 2.26. The molecule has 1 aliphatic rings. The van der Waals surface area contributed by atoms with Gasteiger partial charge >= 0.3 is 0 Å². The Labute approximate surface area is 154 Å². The summed E-state index contributed by atoms with van der Waals surface area (Å²) in [5, 5.41) is 12.2. The van der Waals surface area contributed by atoms with Gasteiger partial charge in [-0.3, -0.25) is 10.0 Å². The van der Waals surface area contributed by atoms with Gasteiger partial charge < -0.3 is 10.1 Å². The van der Waals surface area contributed by atoms with Crippen molar-refractivity contribution >= 4 is 15.9 Å². The molecule has 8 nitrogen and oxygen atoms in total. The third-order valence-corrected chi connectivity index (χ3v) is 6.33. The smallest absolute Gasteiger partial charge is 0.293 e. The quantitative estimate of drug-likeness (QED) is 0.330. The number of hydrogen-bond donors (Lipinski definition) is 3. The lowest BCUT2D eigenvalue weighted by Crippen LogP contribution is -2.70. The predicted molar refractivity (Wildman–Crippen MR) is 96.8 cm³/mol. The van der Waals surface area contributed by atoms with Crippen LogP contribution in [0.2, 0.25) is 0 Å². The van der Waals surface area contributed by atoms with Gasteiger partial charge in [0.15, 0.2) is 0 Å². The van der Waals surface area contributed by atoms with Gasteiger partial charge in [0.05, 0.1) is 12.4 Å². The Kier molecular flexibility index (Phi) is 7.54. The van der Waals surface area contributed by atoms with E-state index in [-0.39, 0.29) is 25.4 Å². The monoisotopic (exact) mass is 385 g/mol. The van der Waals surface area contributed by atoms with Gasteiger partial charge in [0, 0.05) is 19.6 Å². The molecule has 0 bridgehead atoms. The molecule has 1 fully saturated rings. The zero-order chi connectivity index (χ0) is 19.0. The number of sulfonamides is 1. The molecule has 2 rings (SSSR count). The second-order valence-electron chi connectivity index (χ2n) is 6.27. The van der Waals surface area contributed by atoms with Crippen LogP contribution in [0.3, 0.4) is 0 Å². The number of benzene rings is 1. The summed E-state index contributed by atoms with van der Waals surface area (Å²) in [6, 6.07) is 9.15. The topological polar surface area (TPSA) is 108 Å². The van der Waals surface area contributed by atoms with Crippen molar-refractivity contribution in [1.82, 2.24) is 15.1 Å². The van der Waals surface area contributed by atoms with Crippen LogP contribution in [-0.4, -0.2) is 54.9 Å². The Morgan fingerprint density at radius 2 is 2.08 bits per heavy atom. The molecule has 1 aliphatic heterocycles. The van der Waals surface area contributed by atoms with E-state index in [1.807, 2.05) is 37.3 Å². The highest BCUT2D eigenvalue weighted by atomic mass is 32.2. The predicted octanol–water partition coefficient (Wildman–Crippen LogP) is 0.830. The van der Waals surface area contributed by atoms with Gasteiger partial charge in [-0.25, -0.2) is 13.9 Å². The minimum Gasteiger partial charge on any atom is -0.345 e. The van der Waals surface area contributed by atoms with E-state index >= 15 is 0 Å². The maximum absolute atomic E-state index is 12.9. The summed E-state index contributed by atoms with van der Waals surface area (Å²) in [6.07, 6.45) is 2.19. The number of hydroxylamine groups is 1. The zero-order valence-corrected chi connectivity index (χ0v) is 15.8. The number of amides is 1. The van der Waals surface area contributed by atoms with Crippen molar-refractivity contribution < 1.29 is 23.2 Å². The normalized spacial score (nSPS) is 21.5. The van der Waals surface area contributed by atoms with Gasteiger partial charge in [-0.2, -0.15) is 4.31 Å². The molecule has 9 heteroatoms. The lowest BCUT2D eigenvalue weighted by molar-refractivity contribution is -0.181. The van der Waals surface area contributed by atoms with Crippen LogP contribution in [0, 0.1) is 0 Å². The van der Waals surface area contributed by atoms with Gasteiger partial charge in [0.25, 0.3) is 5.91 Å². The number of rotatable bonds is 9. The first-order valence-corrected chi connectivity index (χ1v) is 10.4. The SMILES string of the molecule is CCCCCS(=O)(=O)N1CCNCC1(OCc1ccccc1)C(=O)NO. The molecule has 0 radical (unpaired) electrons. The lowest BCUT2D eigenvalue weighted by Gasteiger charge is -2.43. The summed E-state index contributed by atoms with van der Waals surface area (Å²) in [7, 11) is -3.73. The van der Waals surface area contributed by atoms with E-state index in [4.69, 9.17) is 4.74 Å². The van der Waals surface area contributed by atoms with E-state index in [1.165, 1.54) is 0 Å². The molecule has 3 N–H and O–H groups in total. The molecule has 1 amide bonds. The Morgan fingerprint density at radius 3 is 2.73 bits per heavy atom. The average Bonchev–Trinajstić information content (AvgIpc) is 2.66. The van der Waals surface area contributed by atoms with Crippen molar-refractivity contribution in [2.45, 2.75) is 38.5 Å². The van der Waals surface area contributed by atoms with Crippen LogP contribution < -0.4 is 10.8 Å². The molecule has 0 saturated carbocycles. The fraction of sp³-hybridized carbons (Fsp3) is 0.588. The molecule has 1 aromatic carbocycles. The average molecular weight is 385 g/mol. The third-order valence-electron chi connectivity index (χ3n) is 4.38. The molecule has 1 atom stereocenters. The number of carbonyl (C=O) groups excluding carboxylic acids is 1. The summed E-state index contributed by atoms with van der Waals surface area (Å²) in [4.78, 5) is 12.5. The summed E-state index contributed by atoms with van der Waals surface area (Å²) >= 11 is 0. The third kappa shape index (κ3) is 4.80. The number of hydrogen-bond acceptors (Lipinski definition) is 6. The first-order valence-electron chi connectivity index (χ1n) is 8.80. The van der Waals surface area contributed by atoms with Crippen LogP contribution >= 0.6 is 0 Å². The number of ether oxygens (including phenoxy) is 1. The molecule has 1 unspecified atom stereocenters. The van der Waals surface area contributed by atoms with Crippen molar-refractivity contribution in [3.63, 3.8) is 0 Å². The molecule has 0 spiro atoms. The van der Waals surface area contributed by atoms with Crippen molar-refractivity contribution in [2.24, 2.45) is 0 Å². The standard InChI is InChI=1S/C17H27N3O5S/c1-2-3-7-12-26(23,24)20-11-10-18-14-17(20,16(21)19-22)25-13-15-8-5-4-6-9-15/h4-6,8-9,18,22H,2-3,7,10-14H2,1H3,(H,19,21). The van der Waals surface area contributed by atoms with E-state index in [2.05, 4.69) is 5.32 Å². The van der Waals surface area contributed by atoms with Crippen LogP contribution in [0.25, 0.3) is 0 Å². The summed E-state index contributed by atoms with van der Waals surface area (Å²) < 4.78 is 32.6. The highest BCUT2D eigenvalue weighted by molar-refractivity contribution is 7.89. The Hall–Kier alpha value is -1.52. The summed E-state index contributed by atoms with van der Waals surface area (Å²) in [5.74, 6) is -0.963. The number of unbranched alkanes of at least 4 members (excludes halogenated alkanes) is 2. The Bertz CT molecular complexity index is 683. The molecule has 0 aromatic heterocycles. The lowest BCUT2D eigenvalue weighted by atomic mass is 10.1. The van der Waals surface area contributed by atoms with Crippen LogP contribution in [0.4, 0.5) is 0 Å². The highest BCUT2D eigenvalue weighted by Gasteiger charge is 2.52. The molecule has 1 heterocycles. The van der Waals surface area contributed by atoms with Crippen LogP contribution in [0.15, 0.2) is 30.3 Å². The molecule has 1 aromatic rings. The van der Waals surface area contributed by atoms with E-state index in [9.17, 15) is 18.4 Å². The van der Waals surface area contributed by atoms with Gasteiger partial charge in [-0.05, 0) is 12.0 Å². The minimum absolute atomic E-state index is 0.0386. The van der Waals surface area contributed by atoms with Crippen LogP contribution in [0.1, 0.15) is 31.7 Å². The zero-order valence-electron chi connectivity index (χ0n) is 15.0. The first-order chi connectivity index (χ1) is 12.5. The van der Waals surface area contributed by atoms with Crippen molar-refractivity contribution in [3.05, 3.63) is 35.9 Å². The minimum atomic E-state index is -3.73. The molecule has 1 saturated heterocycles. The van der Waals surface area contributed by atoms with E-state index < -0.39 is 21.7 Å². The molecular weight excluding hydrogens is 358 g/mol. The van der Waals surface area contributed by atoms with Crippen LogP contribution in [-0.2, 0) is 26.2 Å². The summed E-state index contributed by atoms with van der Waals surface area (Å²) in [5.41, 5.74) is 0.543. The van der Waals surface area contributed by atoms with Crippen molar-refractivity contribution in [1.29, 1.82) is 0 Å². The second-order valence-corrected chi connectivity index (χ2v) is 8.28. The fourth-order valence-electron chi connectivity index (χ4n) is 2.96. The van der Waals surface area contributed by atoms with Crippen LogP contribution in [0.5, 0.6) is 0 Å². The van der Waals surface area contributed by atoms with Gasteiger partial charge in [0.2, 0.25) is 15.7 Å². The largest absolute Gasteiger partial charge is 0.345 e. The molecule has 26 heavy (non-hydrogen) atoms. The summed E-state index contributed by atoms with van der Waals surface area (Å²) in [6.45, 7) is 2.49. The van der Waals surface area contributed by atoms with Crippen molar-refractivity contribution in [3.8, 4) is 0 Å². The molecule has 146 valence electrons. The van der Waals surface area contributed by atoms with E-state index in [0.717, 1.165) is 22.7 Å². The van der Waals surface area contributed by atoms with E-state index in [1.54, 1.807) is 5.48 Å². The van der Waals surface area contributed by atoms with Crippen molar-refractivity contribution in [2.75, 3.05) is 25.4 Å². The molecule has 0 aliphatic carbocycles. The Morgan fingerprint density at radius 1 is 1.35 bits per heavy atom. The number of nitrogens with one attached hydrogen (secondary N) is 2. The van der Waals surface area contributed by atoms with E-state index in [0.29, 0.717) is 13.0 Å². The van der Waals surface area contributed by atoms with Gasteiger partial charge in [0.1, 0.15) is 0 Å². The molecular formula is C17H27N3O5S. The Balaban J connectivity index is 2.28. The number of nitrogens with zero attached hydrogens (tertiary/aromatic N) is 1. The fourth-order valence-corrected chi connectivity index (χ4v) is 4.77. The van der Waals surface area contributed by atoms with Gasteiger partial charge in [-0.15, -0.1) is 0 Å². The maximum Gasteiger partial charge on any atom is 0.293 e. The first kappa shape index (κ1) is 20.8. The number of carbonyl (C=O) groups is 1. The number of piperazine rings is 1. The maximum atomic E-state index is 12.9. The van der Waals surface area contributed by atoms with Gasteiger partial charge in [-0.1, -0.05) is 50.1 Å².